The van der Waals surface area contributed by atoms with Crippen molar-refractivity contribution in [2.75, 3.05) is 0 Å². The molecule has 5 nitrogen and oxygen atoms in total. The molecular weight excluding hydrogens is 302 g/mol. The molecule has 2 amide bonds. The molecule has 1 aliphatic heterocycles. The predicted molar refractivity (Wildman–Crippen MR) is 85.3 cm³/mol. The highest BCUT2D eigenvalue weighted by Crippen LogP contribution is 2.65. The second kappa shape index (κ2) is 4.64. The minimum Gasteiger partial charge on any atom is -0.272 e. The van der Waals surface area contributed by atoms with Crippen LogP contribution in [0.3, 0.4) is 0 Å². The number of benzene rings is 1. The van der Waals surface area contributed by atoms with Crippen LogP contribution in [0.4, 0.5) is 0 Å². The number of nitriles is 1. The summed E-state index contributed by atoms with van der Waals surface area (Å²) in [5, 5.41) is 14.1. The number of amides is 2. The molecule has 0 radical (unpaired) electrons. The van der Waals surface area contributed by atoms with Crippen LogP contribution in [0, 0.1) is 46.8 Å². The lowest BCUT2D eigenvalue weighted by molar-refractivity contribution is -0.140. The zero-order chi connectivity index (χ0) is 16.4. The third-order valence-electron chi connectivity index (χ3n) is 6.00. The molecule has 0 N–H and O–H groups in total. The third-order valence-corrected chi connectivity index (χ3v) is 6.00. The Hall–Kier alpha value is -2.74. The van der Waals surface area contributed by atoms with Gasteiger partial charge in [-0.15, -0.1) is 0 Å². The summed E-state index contributed by atoms with van der Waals surface area (Å²) in [5.74, 6) is 0.900. The van der Waals surface area contributed by atoms with Crippen LogP contribution in [0.15, 0.2) is 41.5 Å². The van der Waals surface area contributed by atoms with Crippen molar-refractivity contribution in [2.24, 2.45) is 40.6 Å². The van der Waals surface area contributed by atoms with Gasteiger partial charge in [-0.05, 0) is 47.8 Å². The lowest BCUT2D eigenvalue weighted by Crippen LogP contribution is -2.40. The quantitative estimate of drug-likeness (QED) is 0.475. The number of rotatable bonds is 2. The number of allylic oxidation sites excluding steroid dienone is 2. The number of hydrogen-bond donors (Lipinski definition) is 0. The van der Waals surface area contributed by atoms with Gasteiger partial charge in [0.05, 0.1) is 29.7 Å². The number of nitrogens with zero attached hydrogens (tertiary/aromatic N) is 3. The van der Waals surface area contributed by atoms with Gasteiger partial charge >= 0.3 is 0 Å². The first-order valence-corrected chi connectivity index (χ1v) is 8.29. The highest BCUT2D eigenvalue weighted by Gasteiger charge is 2.67. The second-order valence-corrected chi connectivity index (χ2v) is 7.12. The average molecular weight is 317 g/mol. The molecule has 2 bridgehead atoms. The van der Waals surface area contributed by atoms with Crippen molar-refractivity contribution in [3.05, 3.63) is 47.5 Å². The molecule has 2 saturated carbocycles. The summed E-state index contributed by atoms with van der Waals surface area (Å²) < 4.78 is 0. The van der Waals surface area contributed by atoms with Crippen molar-refractivity contribution in [3.8, 4) is 6.07 Å². The van der Waals surface area contributed by atoms with E-state index in [1.807, 2.05) is 0 Å². The molecule has 4 aliphatic carbocycles. The van der Waals surface area contributed by atoms with Crippen molar-refractivity contribution in [2.45, 2.75) is 6.42 Å². The molecule has 1 heterocycles. The van der Waals surface area contributed by atoms with E-state index in [-0.39, 0.29) is 35.5 Å². The number of hydrazone groups is 1. The summed E-state index contributed by atoms with van der Waals surface area (Å²) in [6, 6.07) is 8.93. The first-order chi connectivity index (χ1) is 11.7. The van der Waals surface area contributed by atoms with Crippen LogP contribution in [0.25, 0.3) is 0 Å². The average Bonchev–Trinajstić information content (AvgIpc) is 3.39. The molecule has 6 atom stereocenters. The second-order valence-electron chi connectivity index (χ2n) is 7.12. The summed E-state index contributed by atoms with van der Waals surface area (Å²) in [7, 11) is 0. The van der Waals surface area contributed by atoms with Crippen LogP contribution in [0.5, 0.6) is 0 Å². The molecule has 118 valence electrons. The molecule has 5 heteroatoms. The van der Waals surface area contributed by atoms with Crippen molar-refractivity contribution >= 4 is 18.0 Å². The molecule has 6 rings (SSSR count). The van der Waals surface area contributed by atoms with E-state index in [1.165, 1.54) is 6.21 Å². The van der Waals surface area contributed by atoms with Crippen LogP contribution in [-0.4, -0.2) is 23.0 Å². The van der Waals surface area contributed by atoms with Crippen molar-refractivity contribution in [1.29, 1.82) is 5.26 Å². The van der Waals surface area contributed by atoms with E-state index in [4.69, 9.17) is 5.26 Å². The Labute approximate surface area is 139 Å². The van der Waals surface area contributed by atoms with Crippen LogP contribution in [0.1, 0.15) is 17.5 Å². The Kier molecular flexibility index (Phi) is 2.64. The molecule has 1 saturated heterocycles. The van der Waals surface area contributed by atoms with Gasteiger partial charge in [-0.3, -0.25) is 9.59 Å². The highest BCUT2D eigenvalue weighted by molar-refractivity contribution is 6.06. The fourth-order valence-corrected chi connectivity index (χ4v) is 4.82. The van der Waals surface area contributed by atoms with Crippen molar-refractivity contribution < 1.29 is 9.59 Å². The van der Waals surface area contributed by atoms with E-state index in [0.29, 0.717) is 17.4 Å². The standard InChI is InChI=1S/C19H15N3O2/c20-8-10-1-3-11(4-2-10)9-21-22-18(23)16-12-5-6-13(15-7-14(12)15)17(16)19(22)24/h1-6,9,12-17H,7H2/b21-9-/t12-,13-,14-,15+,16+,17+/m1/s1. The highest BCUT2D eigenvalue weighted by atomic mass is 16.2. The van der Waals surface area contributed by atoms with Crippen molar-refractivity contribution in [1.82, 2.24) is 5.01 Å². The van der Waals surface area contributed by atoms with Crippen LogP contribution < -0.4 is 0 Å². The number of carbonyl (C=O) groups is 2. The summed E-state index contributed by atoms with van der Waals surface area (Å²) in [5.41, 5.74) is 1.32. The Morgan fingerprint density at radius 3 is 2.17 bits per heavy atom. The molecule has 5 aliphatic rings. The maximum atomic E-state index is 12.7. The maximum Gasteiger partial charge on any atom is 0.254 e. The van der Waals surface area contributed by atoms with E-state index >= 15 is 0 Å². The summed E-state index contributed by atoms with van der Waals surface area (Å²) >= 11 is 0. The van der Waals surface area contributed by atoms with Gasteiger partial charge in [-0.25, -0.2) is 0 Å². The monoisotopic (exact) mass is 317 g/mol. The number of imide groups is 1. The summed E-state index contributed by atoms with van der Waals surface area (Å²) in [4.78, 5) is 25.5. The Morgan fingerprint density at radius 2 is 1.62 bits per heavy atom. The Bertz CT molecular complexity index is 812. The lowest BCUT2D eigenvalue weighted by atomic mass is 9.63. The van der Waals surface area contributed by atoms with Gasteiger partial charge in [0.2, 0.25) is 0 Å². The Morgan fingerprint density at radius 1 is 1.04 bits per heavy atom. The largest absolute Gasteiger partial charge is 0.272 e. The van der Waals surface area contributed by atoms with Gasteiger partial charge in [-0.1, -0.05) is 24.3 Å². The van der Waals surface area contributed by atoms with Gasteiger partial charge in [0.15, 0.2) is 0 Å². The first-order valence-electron chi connectivity index (χ1n) is 8.29. The topological polar surface area (TPSA) is 73.5 Å². The van der Waals surface area contributed by atoms with Gasteiger partial charge < -0.3 is 0 Å². The van der Waals surface area contributed by atoms with Gasteiger partial charge in [0.1, 0.15) is 0 Å². The Balaban J connectivity index is 1.42. The van der Waals surface area contributed by atoms with E-state index in [1.54, 1.807) is 24.3 Å². The molecule has 0 unspecified atom stereocenters. The fourth-order valence-electron chi connectivity index (χ4n) is 4.82. The van der Waals surface area contributed by atoms with E-state index < -0.39 is 0 Å². The van der Waals surface area contributed by atoms with Crippen LogP contribution >= 0.6 is 0 Å². The molecule has 0 spiro atoms. The van der Waals surface area contributed by atoms with Gasteiger partial charge in [0, 0.05) is 0 Å². The fraction of sp³-hybridized carbons (Fsp3) is 0.368. The third kappa shape index (κ3) is 1.71. The lowest BCUT2D eigenvalue weighted by Gasteiger charge is -2.37. The molecule has 0 aromatic heterocycles. The van der Waals surface area contributed by atoms with Crippen molar-refractivity contribution in [3.63, 3.8) is 0 Å². The molecule has 1 aromatic carbocycles. The normalized spacial score (nSPS) is 38.4. The summed E-state index contributed by atoms with van der Waals surface area (Å²) in [6.45, 7) is 0. The number of carbonyl (C=O) groups excluding carboxylic acids is 2. The molecule has 24 heavy (non-hydrogen) atoms. The van der Waals surface area contributed by atoms with E-state index in [0.717, 1.165) is 17.0 Å². The molecular formula is C19H15N3O2. The SMILES string of the molecule is N#Cc1ccc(/C=N\N2C(=O)[C@H]3[C@@H]4C=C[C@H]([C@@H]5C[C@H]45)[C@@H]3C2=O)cc1. The van der Waals surface area contributed by atoms with Gasteiger partial charge in [0.25, 0.3) is 11.8 Å². The van der Waals surface area contributed by atoms with Gasteiger partial charge in [-0.2, -0.15) is 15.4 Å². The van der Waals surface area contributed by atoms with E-state index in [9.17, 15) is 9.59 Å². The van der Waals surface area contributed by atoms with Crippen LogP contribution in [-0.2, 0) is 9.59 Å². The minimum atomic E-state index is -0.214. The van der Waals surface area contributed by atoms with Crippen LogP contribution in [0.2, 0.25) is 0 Å². The zero-order valence-corrected chi connectivity index (χ0v) is 12.9. The summed E-state index contributed by atoms with van der Waals surface area (Å²) in [6.07, 6.45) is 6.98. The predicted octanol–water partition coefficient (Wildman–Crippen LogP) is 1.95. The maximum absolute atomic E-state index is 12.7. The smallest absolute Gasteiger partial charge is 0.254 e. The molecule has 3 fully saturated rings. The zero-order valence-electron chi connectivity index (χ0n) is 12.9. The number of hydrogen-bond acceptors (Lipinski definition) is 4. The first kappa shape index (κ1) is 13.7. The van der Waals surface area contributed by atoms with E-state index in [2.05, 4.69) is 23.3 Å². The minimum absolute atomic E-state index is 0.153. The molecule has 1 aromatic rings.